The molecular weight excluding hydrogens is 238 g/mol. The number of benzene rings is 1. The number of nitrogens with two attached hydrogens (primary N) is 1. The van der Waals surface area contributed by atoms with Crippen molar-refractivity contribution in [1.29, 1.82) is 0 Å². The monoisotopic (exact) mass is 257 g/mol. The Morgan fingerprint density at radius 3 is 2.42 bits per heavy atom. The molecule has 0 aliphatic carbocycles. The van der Waals surface area contributed by atoms with Gasteiger partial charge in [0.2, 0.25) is 0 Å². The molecule has 2 rings (SSSR count). The maximum absolute atomic E-state index is 5.44. The van der Waals surface area contributed by atoms with Gasteiger partial charge in [0.25, 0.3) is 0 Å². The van der Waals surface area contributed by atoms with E-state index in [1.54, 1.807) is 0 Å². The summed E-state index contributed by atoms with van der Waals surface area (Å²) in [5.41, 5.74) is 7.93. The Morgan fingerprint density at radius 1 is 1.05 bits per heavy atom. The molecule has 0 aliphatic rings. The molecule has 2 aromatic rings. The highest BCUT2D eigenvalue weighted by Crippen LogP contribution is 2.10. The largest absolute Gasteiger partial charge is 0.369 e. The topological polar surface area (TPSA) is 75.9 Å². The SMILES string of the molecule is Cc1ccc(CNc2cc(NCCN)ncn2)cc1. The zero-order valence-corrected chi connectivity index (χ0v) is 11.1. The second kappa shape index (κ2) is 6.70. The van der Waals surface area contributed by atoms with Crippen LogP contribution in [0.2, 0.25) is 0 Å². The average molecular weight is 257 g/mol. The van der Waals surface area contributed by atoms with Crippen molar-refractivity contribution in [3.8, 4) is 0 Å². The number of nitrogens with zero attached hydrogens (tertiary/aromatic N) is 2. The van der Waals surface area contributed by atoms with Gasteiger partial charge >= 0.3 is 0 Å². The van der Waals surface area contributed by atoms with Crippen LogP contribution in [0.1, 0.15) is 11.1 Å². The zero-order valence-electron chi connectivity index (χ0n) is 11.1. The first-order valence-electron chi connectivity index (χ1n) is 6.33. The van der Waals surface area contributed by atoms with E-state index < -0.39 is 0 Å². The van der Waals surface area contributed by atoms with E-state index in [4.69, 9.17) is 5.73 Å². The third-order valence-corrected chi connectivity index (χ3v) is 2.71. The molecular formula is C14H19N5. The van der Waals surface area contributed by atoms with Crippen LogP contribution >= 0.6 is 0 Å². The van der Waals surface area contributed by atoms with Gasteiger partial charge in [0, 0.05) is 25.7 Å². The molecule has 1 aromatic heterocycles. The van der Waals surface area contributed by atoms with E-state index in [1.807, 2.05) is 6.07 Å². The van der Waals surface area contributed by atoms with E-state index >= 15 is 0 Å². The molecule has 0 saturated carbocycles. The molecule has 0 unspecified atom stereocenters. The van der Waals surface area contributed by atoms with Gasteiger partial charge in [-0.2, -0.15) is 0 Å². The molecule has 0 radical (unpaired) electrons. The van der Waals surface area contributed by atoms with Crippen LogP contribution in [0, 0.1) is 6.92 Å². The normalized spacial score (nSPS) is 10.2. The van der Waals surface area contributed by atoms with Crippen LogP contribution in [0.5, 0.6) is 0 Å². The second-order valence-electron chi connectivity index (χ2n) is 4.34. The Bertz CT molecular complexity index is 509. The molecule has 0 bridgehead atoms. The standard InChI is InChI=1S/C14H19N5/c1-11-2-4-12(5-3-11)9-17-14-8-13(16-7-6-15)18-10-19-14/h2-5,8,10H,6-7,9,15H2,1H3,(H2,16,17,18,19). The lowest BCUT2D eigenvalue weighted by molar-refractivity contribution is 1.00. The lowest BCUT2D eigenvalue weighted by atomic mass is 10.1. The molecule has 1 aromatic carbocycles. The van der Waals surface area contributed by atoms with Gasteiger partial charge in [-0.1, -0.05) is 29.8 Å². The minimum absolute atomic E-state index is 0.579. The fourth-order valence-electron chi connectivity index (χ4n) is 1.65. The van der Waals surface area contributed by atoms with Gasteiger partial charge in [0.05, 0.1) is 0 Å². The lowest BCUT2D eigenvalue weighted by Gasteiger charge is -2.08. The number of hydrogen-bond donors (Lipinski definition) is 3. The molecule has 1 heterocycles. The van der Waals surface area contributed by atoms with Crippen LogP contribution in [-0.4, -0.2) is 23.1 Å². The number of hydrogen-bond acceptors (Lipinski definition) is 5. The van der Waals surface area contributed by atoms with Gasteiger partial charge in [-0.05, 0) is 12.5 Å². The first kappa shape index (κ1) is 13.3. The highest BCUT2D eigenvalue weighted by molar-refractivity contribution is 5.46. The third kappa shape index (κ3) is 4.22. The van der Waals surface area contributed by atoms with Crippen LogP contribution in [0.25, 0.3) is 0 Å². The predicted octanol–water partition coefficient (Wildman–Crippen LogP) is 1.77. The fraction of sp³-hybridized carbons (Fsp3) is 0.286. The molecule has 19 heavy (non-hydrogen) atoms. The lowest BCUT2D eigenvalue weighted by Crippen LogP contribution is -2.14. The Balaban J connectivity index is 1.93. The van der Waals surface area contributed by atoms with Crippen LogP contribution in [0.3, 0.4) is 0 Å². The molecule has 5 nitrogen and oxygen atoms in total. The number of rotatable bonds is 6. The van der Waals surface area contributed by atoms with Gasteiger partial charge in [-0.15, -0.1) is 0 Å². The number of aromatic nitrogens is 2. The van der Waals surface area contributed by atoms with Crippen LogP contribution in [0.4, 0.5) is 11.6 Å². The van der Waals surface area contributed by atoms with Crippen molar-refractivity contribution in [3.05, 3.63) is 47.8 Å². The van der Waals surface area contributed by atoms with Crippen molar-refractivity contribution >= 4 is 11.6 Å². The second-order valence-corrected chi connectivity index (χ2v) is 4.34. The quantitative estimate of drug-likeness (QED) is 0.735. The number of aryl methyl sites for hydroxylation is 1. The summed E-state index contributed by atoms with van der Waals surface area (Å²) in [6, 6.07) is 10.3. The Hall–Kier alpha value is -2.14. The van der Waals surface area contributed by atoms with Crippen LogP contribution < -0.4 is 16.4 Å². The summed E-state index contributed by atoms with van der Waals surface area (Å²) in [7, 11) is 0. The van der Waals surface area contributed by atoms with E-state index in [2.05, 4.69) is 51.8 Å². The van der Waals surface area contributed by atoms with Gasteiger partial charge in [-0.25, -0.2) is 9.97 Å². The Labute approximate surface area is 113 Å². The summed E-state index contributed by atoms with van der Waals surface area (Å²) in [6.07, 6.45) is 1.54. The van der Waals surface area contributed by atoms with E-state index in [-0.39, 0.29) is 0 Å². The van der Waals surface area contributed by atoms with E-state index in [9.17, 15) is 0 Å². The van der Waals surface area contributed by atoms with Gasteiger partial charge in [0.1, 0.15) is 18.0 Å². The van der Waals surface area contributed by atoms with Crippen molar-refractivity contribution in [3.63, 3.8) is 0 Å². The summed E-state index contributed by atoms with van der Waals surface area (Å²) < 4.78 is 0. The van der Waals surface area contributed by atoms with Gasteiger partial charge < -0.3 is 16.4 Å². The van der Waals surface area contributed by atoms with Gasteiger partial charge in [0.15, 0.2) is 0 Å². The molecule has 0 saturated heterocycles. The number of nitrogens with one attached hydrogen (secondary N) is 2. The van der Waals surface area contributed by atoms with Crippen LogP contribution in [-0.2, 0) is 6.54 Å². The van der Waals surface area contributed by atoms with Crippen molar-refractivity contribution in [2.45, 2.75) is 13.5 Å². The minimum Gasteiger partial charge on any atom is -0.369 e. The maximum Gasteiger partial charge on any atom is 0.131 e. The summed E-state index contributed by atoms with van der Waals surface area (Å²) in [4.78, 5) is 8.31. The number of anilines is 2. The van der Waals surface area contributed by atoms with Gasteiger partial charge in [-0.3, -0.25) is 0 Å². The van der Waals surface area contributed by atoms with E-state index in [0.29, 0.717) is 13.1 Å². The smallest absolute Gasteiger partial charge is 0.131 e. The van der Waals surface area contributed by atoms with Crippen molar-refractivity contribution in [1.82, 2.24) is 9.97 Å². The van der Waals surface area contributed by atoms with E-state index in [0.717, 1.165) is 18.2 Å². The first-order valence-corrected chi connectivity index (χ1v) is 6.33. The van der Waals surface area contributed by atoms with E-state index in [1.165, 1.54) is 17.5 Å². The molecule has 4 N–H and O–H groups in total. The van der Waals surface area contributed by atoms with Crippen molar-refractivity contribution in [2.24, 2.45) is 5.73 Å². The summed E-state index contributed by atoms with van der Waals surface area (Å²) >= 11 is 0. The predicted molar refractivity (Wildman–Crippen MR) is 78.1 cm³/mol. The summed E-state index contributed by atoms with van der Waals surface area (Å²) in [5.74, 6) is 1.59. The third-order valence-electron chi connectivity index (χ3n) is 2.71. The summed E-state index contributed by atoms with van der Waals surface area (Å²) in [5, 5.41) is 6.40. The zero-order chi connectivity index (χ0) is 13.5. The molecule has 0 aliphatic heterocycles. The summed E-state index contributed by atoms with van der Waals surface area (Å²) in [6.45, 7) is 4.11. The maximum atomic E-state index is 5.44. The Morgan fingerprint density at radius 2 is 1.74 bits per heavy atom. The molecule has 100 valence electrons. The molecule has 0 atom stereocenters. The molecule has 0 amide bonds. The Kier molecular flexibility index (Phi) is 4.69. The molecule has 0 fully saturated rings. The highest BCUT2D eigenvalue weighted by Gasteiger charge is 1.98. The molecule has 5 heteroatoms. The van der Waals surface area contributed by atoms with Crippen molar-refractivity contribution in [2.75, 3.05) is 23.7 Å². The minimum atomic E-state index is 0.579. The average Bonchev–Trinajstić information content (AvgIpc) is 2.45. The van der Waals surface area contributed by atoms with Crippen LogP contribution in [0.15, 0.2) is 36.7 Å². The van der Waals surface area contributed by atoms with Crippen molar-refractivity contribution < 1.29 is 0 Å². The first-order chi connectivity index (χ1) is 9.28. The molecule has 0 spiro atoms. The fourth-order valence-corrected chi connectivity index (χ4v) is 1.65. The highest BCUT2D eigenvalue weighted by atomic mass is 15.1.